The highest BCUT2D eigenvalue weighted by Crippen LogP contribution is 2.54. The van der Waals surface area contributed by atoms with E-state index in [2.05, 4.69) is 43.4 Å². The van der Waals surface area contributed by atoms with Crippen molar-refractivity contribution in [2.45, 2.75) is 71.3 Å². The predicted molar refractivity (Wildman–Crippen MR) is 120 cm³/mol. The number of rotatable bonds is 6. The number of sulfonamides is 1. The standard InChI is InChI=1S/C24H33NO4S/c1-5-30(27,28)25-13-9-7-6-8-10-18-15-21(26)23-19-14-17(2)11-12-20(19)24(3,4)29-22(23)16-18/h11,15-16,19-20,25-26H,5,7,9-10,12-14H2,1-4H3. The van der Waals surface area contributed by atoms with Crippen molar-refractivity contribution in [2.75, 3.05) is 12.3 Å². The average Bonchev–Trinajstić information content (AvgIpc) is 2.66. The van der Waals surface area contributed by atoms with Crippen LogP contribution < -0.4 is 9.46 Å². The molecule has 6 heteroatoms. The number of fused-ring (bicyclic) bond motifs is 3. The molecule has 0 radical (unpaired) electrons. The Balaban J connectivity index is 1.66. The Morgan fingerprint density at radius 2 is 2.07 bits per heavy atom. The Morgan fingerprint density at radius 1 is 1.30 bits per heavy atom. The minimum absolute atomic E-state index is 0.0941. The van der Waals surface area contributed by atoms with Gasteiger partial charge in [-0.05, 0) is 64.7 Å². The zero-order valence-electron chi connectivity index (χ0n) is 18.4. The molecule has 2 aliphatic rings. The monoisotopic (exact) mass is 431 g/mol. The number of hydrogen-bond donors (Lipinski definition) is 2. The lowest BCUT2D eigenvalue weighted by Gasteiger charge is -2.47. The fraction of sp³-hybridized carbons (Fsp3) is 0.583. The highest BCUT2D eigenvalue weighted by Gasteiger charge is 2.45. The third-order valence-electron chi connectivity index (χ3n) is 6.16. The minimum Gasteiger partial charge on any atom is -0.508 e. The first-order valence-electron chi connectivity index (χ1n) is 10.8. The van der Waals surface area contributed by atoms with Gasteiger partial charge < -0.3 is 9.84 Å². The van der Waals surface area contributed by atoms with Gasteiger partial charge in [0, 0.05) is 36.8 Å². The summed E-state index contributed by atoms with van der Waals surface area (Å²) in [6, 6.07) is 3.83. The van der Waals surface area contributed by atoms with Crippen LogP contribution in [0.1, 0.15) is 70.4 Å². The van der Waals surface area contributed by atoms with Gasteiger partial charge in [0.25, 0.3) is 0 Å². The molecule has 0 saturated heterocycles. The Labute approximate surface area is 181 Å². The first-order valence-corrected chi connectivity index (χ1v) is 12.4. The summed E-state index contributed by atoms with van der Waals surface area (Å²) >= 11 is 0. The number of unbranched alkanes of at least 4 members (excludes halogenated alkanes) is 1. The number of phenolic OH excluding ortho intramolecular Hbond substituents is 1. The van der Waals surface area contributed by atoms with Gasteiger partial charge in [-0.3, -0.25) is 0 Å². The fourth-order valence-corrected chi connectivity index (χ4v) is 5.14. The summed E-state index contributed by atoms with van der Waals surface area (Å²) in [6.45, 7) is 8.46. The number of benzene rings is 1. The highest BCUT2D eigenvalue weighted by atomic mass is 32.2. The molecule has 30 heavy (non-hydrogen) atoms. The topological polar surface area (TPSA) is 75.6 Å². The lowest BCUT2D eigenvalue weighted by atomic mass is 9.67. The van der Waals surface area contributed by atoms with Crippen LogP contribution in [0.2, 0.25) is 0 Å². The molecule has 3 rings (SSSR count). The molecule has 1 aliphatic heterocycles. The number of allylic oxidation sites excluding steroid dienone is 2. The van der Waals surface area contributed by atoms with Crippen LogP contribution in [0.4, 0.5) is 0 Å². The van der Waals surface area contributed by atoms with Gasteiger partial charge >= 0.3 is 0 Å². The van der Waals surface area contributed by atoms with Crippen molar-refractivity contribution in [2.24, 2.45) is 5.92 Å². The molecule has 1 heterocycles. The maximum absolute atomic E-state index is 11.4. The number of hydrogen-bond acceptors (Lipinski definition) is 4. The summed E-state index contributed by atoms with van der Waals surface area (Å²) < 4.78 is 31.7. The van der Waals surface area contributed by atoms with Crippen LogP contribution >= 0.6 is 0 Å². The maximum atomic E-state index is 11.4. The molecule has 0 saturated carbocycles. The van der Waals surface area contributed by atoms with Gasteiger partial charge in [0.05, 0.1) is 5.75 Å². The summed E-state index contributed by atoms with van der Waals surface area (Å²) in [5.74, 6) is 8.03. The van der Waals surface area contributed by atoms with Crippen LogP contribution in [0.15, 0.2) is 23.8 Å². The van der Waals surface area contributed by atoms with Crippen LogP contribution in [-0.2, 0) is 16.4 Å². The third kappa shape index (κ3) is 5.19. The Kier molecular flexibility index (Phi) is 6.84. The molecule has 164 valence electrons. The van der Waals surface area contributed by atoms with Crippen LogP contribution in [0, 0.1) is 17.8 Å². The maximum Gasteiger partial charge on any atom is 0.211 e. The van der Waals surface area contributed by atoms with Gasteiger partial charge in [0.15, 0.2) is 0 Å². The van der Waals surface area contributed by atoms with Crippen LogP contribution in [0.25, 0.3) is 0 Å². The fourth-order valence-electron chi connectivity index (χ4n) is 4.48. The van der Waals surface area contributed by atoms with E-state index in [1.807, 2.05) is 12.1 Å². The number of phenols is 1. The van der Waals surface area contributed by atoms with E-state index in [0.29, 0.717) is 37.5 Å². The molecule has 0 spiro atoms. The number of aromatic hydroxyl groups is 1. The molecule has 2 N–H and O–H groups in total. The zero-order chi connectivity index (χ0) is 21.9. The summed E-state index contributed by atoms with van der Waals surface area (Å²) in [5, 5.41) is 10.8. The molecular weight excluding hydrogens is 398 g/mol. The quantitative estimate of drug-likeness (QED) is 0.401. The molecule has 0 aromatic heterocycles. The van der Waals surface area contributed by atoms with Crippen LogP contribution in [-0.4, -0.2) is 31.4 Å². The molecule has 1 aromatic rings. The van der Waals surface area contributed by atoms with Gasteiger partial charge in [0.1, 0.15) is 17.1 Å². The molecular formula is C24H33NO4S. The Morgan fingerprint density at radius 3 is 2.80 bits per heavy atom. The normalized spacial score (nSPS) is 22.1. The van der Waals surface area contributed by atoms with E-state index in [1.54, 1.807) is 6.92 Å². The van der Waals surface area contributed by atoms with Gasteiger partial charge in [-0.25, -0.2) is 13.1 Å². The van der Waals surface area contributed by atoms with Crippen molar-refractivity contribution in [3.63, 3.8) is 0 Å². The average molecular weight is 432 g/mol. The molecule has 0 bridgehead atoms. The summed E-state index contributed by atoms with van der Waals surface area (Å²) in [4.78, 5) is 0. The van der Waals surface area contributed by atoms with E-state index >= 15 is 0 Å². The first-order chi connectivity index (χ1) is 14.1. The molecule has 2 unspecified atom stereocenters. The van der Waals surface area contributed by atoms with Crippen molar-refractivity contribution < 1.29 is 18.3 Å². The lowest BCUT2D eigenvalue weighted by Crippen LogP contribution is -2.45. The van der Waals surface area contributed by atoms with E-state index in [9.17, 15) is 13.5 Å². The smallest absolute Gasteiger partial charge is 0.211 e. The van der Waals surface area contributed by atoms with Crippen LogP contribution in [0.3, 0.4) is 0 Å². The number of nitrogens with one attached hydrogen (secondary N) is 1. The van der Waals surface area contributed by atoms with Gasteiger partial charge in [-0.1, -0.05) is 17.6 Å². The van der Waals surface area contributed by atoms with Crippen molar-refractivity contribution in [1.82, 2.24) is 4.72 Å². The van der Waals surface area contributed by atoms with Crippen molar-refractivity contribution >= 4 is 10.0 Å². The van der Waals surface area contributed by atoms with Gasteiger partial charge in [0.2, 0.25) is 10.0 Å². The molecule has 0 amide bonds. The van der Waals surface area contributed by atoms with Crippen molar-refractivity contribution in [1.29, 1.82) is 0 Å². The SMILES string of the molecule is CCS(=O)(=O)NCCCC#CCc1cc(O)c2c(c1)OC(C)(C)C1CC=C(C)CC21. The predicted octanol–water partition coefficient (Wildman–Crippen LogP) is 4.27. The van der Waals surface area contributed by atoms with E-state index < -0.39 is 10.0 Å². The lowest BCUT2D eigenvalue weighted by molar-refractivity contribution is 0.00754. The third-order valence-corrected chi connectivity index (χ3v) is 7.57. The largest absolute Gasteiger partial charge is 0.508 e. The number of ether oxygens (including phenoxy) is 1. The zero-order valence-corrected chi connectivity index (χ0v) is 19.2. The van der Waals surface area contributed by atoms with E-state index in [1.165, 1.54) is 5.57 Å². The van der Waals surface area contributed by atoms with Crippen molar-refractivity contribution in [3.8, 4) is 23.3 Å². The summed E-state index contributed by atoms with van der Waals surface area (Å²) in [5.41, 5.74) is 2.96. The second kappa shape index (κ2) is 9.03. The second-order valence-corrected chi connectivity index (χ2v) is 11.0. The summed E-state index contributed by atoms with van der Waals surface area (Å²) in [6.07, 6.45) is 6.06. The van der Waals surface area contributed by atoms with Crippen LogP contribution in [0.5, 0.6) is 11.5 Å². The van der Waals surface area contributed by atoms with Gasteiger partial charge in [-0.2, -0.15) is 0 Å². The molecule has 1 aromatic carbocycles. The molecule has 5 nitrogen and oxygen atoms in total. The Hall–Kier alpha value is -1.97. The van der Waals surface area contributed by atoms with Crippen molar-refractivity contribution in [3.05, 3.63) is 34.9 Å². The summed E-state index contributed by atoms with van der Waals surface area (Å²) in [7, 11) is -3.13. The minimum atomic E-state index is -3.13. The second-order valence-electron chi connectivity index (χ2n) is 8.87. The molecule has 2 atom stereocenters. The molecule has 0 fully saturated rings. The van der Waals surface area contributed by atoms with E-state index in [4.69, 9.17) is 4.74 Å². The van der Waals surface area contributed by atoms with Gasteiger partial charge in [-0.15, -0.1) is 5.92 Å². The van der Waals surface area contributed by atoms with E-state index in [-0.39, 0.29) is 17.3 Å². The molecule has 1 aliphatic carbocycles. The first kappa shape index (κ1) is 22.7. The highest BCUT2D eigenvalue weighted by molar-refractivity contribution is 7.89. The Bertz CT molecular complexity index is 982. The van der Waals surface area contributed by atoms with E-state index in [0.717, 1.165) is 29.7 Å².